The topological polar surface area (TPSA) is 15.3 Å². The van der Waals surface area contributed by atoms with Crippen molar-refractivity contribution < 1.29 is 0 Å². The minimum absolute atomic E-state index is 0.581. The number of hydrogen-bond donors (Lipinski definition) is 1. The van der Waals surface area contributed by atoms with Crippen LogP contribution in [0.1, 0.15) is 63.1 Å². The molecule has 0 saturated carbocycles. The number of hydrogen-bond acceptors (Lipinski definition) is 2. The molecule has 1 aliphatic heterocycles. The number of nitrogens with zero attached hydrogens (tertiary/aromatic N) is 1. The smallest absolute Gasteiger partial charge is 0.0602 e. The number of nitrogens with one attached hydrogen (secondary N) is 1. The maximum atomic E-state index is 3.83. The summed E-state index contributed by atoms with van der Waals surface area (Å²) in [4.78, 5) is 2.77. The lowest BCUT2D eigenvalue weighted by atomic mass is 9.85. The molecule has 2 heteroatoms. The van der Waals surface area contributed by atoms with Crippen LogP contribution in [0.3, 0.4) is 0 Å². The fraction of sp³-hybridized carbons (Fsp3) is 0.684. The van der Waals surface area contributed by atoms with Crippen LogP contribution in [0.15, 0.2) is 24.3 Å². The molecule has 1 aliphatic carbocycles. The van der Waals surface area contributed by atoms with Gasteiger partial charge in [0.25, 0.3) is 0 Å². The van der Waals surface area contributed by atoms with Crippen LogP contribution >= 0.6 is 0 Å². The highest BCUT2D eigenvalue weighted by Gasteiger charge is 2.32. The van der Waals surface area contributed by atoms with Crippen molar-refractivity contribution in [2.75, 3.05) is 13.1 Å². The molecular formula is C19H30N2. The van der Waals surface area contributed by atoms with Crippen LogP contribution in [0.5, 0.6) is 0 Å². The molecular weight excluding hydrogens is 256 g/mol. The van der Waals surface area contributed by atoms with Crippen molar-refractivity contribution in [2.45, 2.75) is 64.6 Å². The Morgan fingerprint density at radius 2 is 2.00 bits per heavy atom. The van der Waals surface area contributed by atoms with Gasteiger partial charge >= 0.3 is 0 Å². The number of rotatable bonds is 4. The molecule has 0 amide bonds. The van der Waals surface area contributed by atoms with Crippen LogP contribution in [-0.2, 0) is 6.42 Å². The second-order valence-electron chi connectivity index (χ2n) is 7.16. The first kappa shape index (κ1) is 15.1. The molecule has 1 heterocycles. The summed E-state index contributed by atoms with van der Waals surface area (Å²) in [5.74, 6) is 0.729. The second-order valence-corrected chi connectivity index (χ2v) is 7.16. The predicted molar refractivity (Wildman–Crippen MR) is 89.3 cm³/mol. The molecule has 0 aromatic heterocycles. The van der Waals surface area contributed by atoms with E-state index in [0.717, 1.165) is 12.5 Å². The van der Waals surface area contributed by atoms with Gasteiger partial charge in [-0.05, 0) is 62.1 Å². The molecule has 116 valence electrons. The van der Waals surface area contributed by atoms with Crippen molar-refractivity contribution in [1.29, 1.82) is 0 Å². The molecule has 1 aromatic rings. The van der Waals surface area contributed by atoms with Gasteiger partial charge in [-0.3, -0.25) is 4.90 Å². The van der Waals surface area contributed by atoms with Crippen LogP contribution < -0.4 is 5.32 Å². The fourth-order valence-electron chi connectivity index (χ4n) is 3.99. The number of likely N-dealkylation sites (tertiary alicyclic amines) is 1. The largest absolute Gasteiger partial charge is 0.301 e. The van der Waals surface area contributed by atoms with E-state index < -0.39 is 0 Å². The summed E-state index contributed by atoms with van der Waals surface area (Å²) < 4.78 is 0. The van der Waals surface area contributed by atoms with Gasteiger partial charge in [0.15, 0.2) is 0 Å². The average Bonchev–Trinajstić information content (AvgIpc) is 2.53. The van der Waals surface area contributed by atoms with Gasteiger partial charge < -0.3 is 5.32 Å². The molecule has 3 rings (SSSR count). The van der Waals surface area contributed by atoms with Crippen LogP contribution in [0.2, 0.25) is 0 Å². The van der Waals surface area contributed by atoms with E-state index in [1.807, 2.05) is 0 Å². The Kier molecular flexibility index (Phi) is 4.97. The maximum Gasteiger partial charge on any atom is 0.0602 e. The Balaban J connectivity index is 1.77. The minimum Gasteiger partial charge on any atom is -0.301 e. The van der Waals surface area contributed by atoms with Gasteiger partial charge in [-0.2, -0.15) is 0 Å². The fourth-order valence-corrected chi connectivity index (χ4v) is 3.99. The second kappa shape index (κ2) is 6.93. The highest BCUT2D eigenvalue weighted by molar-refractivity contribution is 5.32. The van der Waals surface area contributed by atoms with Crippen molar-refractivity contribution in [3.8, 4) is 0 Å². The van der Waals surface area contributed by atoms with E-state index in [1.54, 1.807) is 11.1 Å². The van der Waals surface area contributed by atoms with Crippen LogP contribution in [0.25, 0.3) is 0 Å². The molecule has 2 aliphatic rings. The van der Waals surface area contributed by atoms with Gasteiger partial charge in [0, 0.05) is 12.6 Å². The van der Waals surface area contributed by atoms with Crippen molar-refractivity contribution in [2.24, 2.45) is 5.92 Å². The summed E-state index contributed by atoms with van der Waals surface area (Å²) in [5.41, 5.74) is 3.18. The zero-order valence-electron chi connectivity index (χ0n) is 13.6. The third kappa shape index (κ3) is 3.49. The predicted octanol–water partition coefficient (Wildman–Crippen LogP) is 4.12. The molecule has 0 bridgehead atoms. The van der Waals surface area contributed by atoms with E-state index >= 15 is 0 Å². The molecule has 1 saturated heterocycles. The summed E-state index contributed by atoms with van der Waals surface area (Å²) in [6, 6.07) is 9.76. The summed E-state index contributed by atoms with van der Waals surface area (Å²) in [7, 11) is 0. The lowest BCUT2D eigenvalue weighted by Gasteiger charge is -2.44. The first-order valence-electron chi connectivity index (χ1n) is 8.82. The summed E-state index contributed by atoms with van der Waals surface area (Å²) >= 11 is 0. The van der Waals surface area contributed by atoms with E-state index in [1.165, 1.54) is 45.1 Å². The van der Waals surface area contributed by atoms with Crippen molar-refractivity contribution in [3.05, 3.63) is 35.4 Å². The van der Waals surface area contributed by atoms with Crippen molar-refractivity contribution in [1.82, 2.24) is 10.2 Å². The Labute approximate surface area is 129 Å². The van der Waals surface area contributed by atoms with Crippen LogP contribution in [0, 0.1) is 5.92 Å². The van der Waals surface area contributed by atoms with Crippen molar-refractivity contribution in [3.63, 3.8) is 0 Å². The average molecular weight is 286 g/mol. The van der Waals surface area contributed by atoms with E-state index in [9.17, 15) is 0 Å². The maximum absolute atomic E-state index is 3.83. The van der Waals surface area contributed by atoms with Gasteiger partial charge in [-0.25, -0.2) is 0 Å². The standard InChI is InChI=1S/C19H30N2/c1-15(2)14-20-19-12-5-6-13-21(19)18-11-7-9-16-8-3-4-10-17(16)18/h3-4,8,10,15,18-20H,5-7,9,11-14H2,1-2H3. The SMILES string of the molecule is CC(C)CNC1CCCCN1C1CCCc2ccccc21. The van der Waals surface area contributed by atoms with E-state index in [0.29, 0.717) is 12.2 Å². The number of benzene rings is 1. The van der Waals surface area contributed by atoms with Crippen LogP contribution in [-0.4, -0.2) is 24.2 Å². The lowest BCUT2D eigenvalue weighted by molar-refractivity contribution is 0.0616. The highest BCUT2D eigenvalue weighted by atomic mass is 15.3. The normalized spacial score (nSPS) is 26.8. The Hall–Kier alpha value is -0.860. The zero-order chi connectivity index (χ0) is 14.7. The molecule has 1 N–H and O–H groups in total. The summed E-state index contributed by atoms with van der Waals surface area (Å²) in [5, 5.41) is 3.83. The summed E-state index contributed by atoms with van der Waals surface area (Å²) in [6.45, 7) is 7.00. The number of fused-ring (bicyclic) bond motifs is 1. The first-order chi connectivity index (χ1) is 10.3. The van der Waals surface area contributed by atoms with Gasteiger partial charge in [0.2, 0.25) is 0 Å². The number of piperidine rings is 1. The van der Waals surface area contributed by atoms with Gasteiger partial charge in [-0.1, -0.05) is 38.1 Å². The molecule has 0 spiro atoms. The van der Waals surface area contributed by atoms with Gasteiger partial charge in [0.05, 0.1) is 6.17 Å². The van der Waals surface area contributed by atoms with Crippen LogP contribution in [0.4, 0.5) is 0 Å². The van der Waals surface area contributed by atoms with E-state index in [4.69, 9.17) is 0 Å². The lowest BCUT2D eigenvalue weighted by Crippen LogP contribution is -2.51. The monoisotopic (exact) mass is 286 g/mol. The number of aryl methyl sites for hydroxylation is 1. The third-order valence-electron chi connectivity index (χ3n) is 5.04. The Morgan fingerprint density at radius 3 is 2.86 bits per heavy atom. The van der Waals surface area contributed by atoms with E-state index in [2.05, 4.69) is 48.3 Å². The highest BCUT2D eigenvalue weighted by Crippen LogP contribution is 2.37. The Bertz CT molecular complexity index is 455. The molecule has 2 atom stereocenters. The van der Waals surface area contributed by atoms with Gasteiger partial charge in [0.1, 0.15) is 0 Å². The van der Waals surface area contributed by atoms with Gasteiger partial charge in [-0.15, -0.1) is 0 Å². The van der Waals surface area contributed by atoms with E-state index in [-0.39, 0.29) is 0 Å². The zero-order valence-corrected chi connectivity index (χ0v) is 13.6. The molecule has 0 radical (unpaired) electrons. The molecule has 2 unspecified atom stereocenters. The molecule has 2 nitrogen and oxygen atoms in total. The Morgan fingerprint density at radius 1 is 1.14 bits per heavy atom. The molecule has 21 heavy (non-hydrogen) atoms. The van der Waals surface area contributed by atoms with Crippen molar-refractivity contribution >= 4 is 0 Å². The molecule has 1 aromatic carbocycles. The first-order valence-corrected chi connectivity index (χ1v) is 8.82. The summed E-state index contributed by atoms with van der Waals surface area (Å²) in [6.07, 6.45) is 8.57. The molecule has 1 fully saturated rings. The quantitative estimate of drug-likeness (QED) is 0.895. The minimum atomic E-state index is 0.581. The third-order valence-corrected chi connectivity index (χ3v) is 5.04.